The number of furan rings is 1. The van der Waals surface area contributed by atoms with E-state index in [1.54, 1.807) is 0 Å². The van der Waals surface area contributed by atoms with Gasteiger partial charge in [-0.3, -0.25) is 0 Å². The summed E-state index contributed by atoms with van der Waals surface area (Å²) in [7, 11) is 0. The van der Waals surface area contributed by atoms with E-state index >= 15 is 0 Å². The molecule has 0 spiro atoms. The molecule has 2 aromatic heterocycles. The molecule has 0 N–H and O–H groups in total. The monoisotopic (exact) mass is 607 g/mol. The summed E-state index contributed by atoms with van der Waals surface area (Å²) in [6.07, 6.45) is 0. The Morgan fingerprint density at radius 2 is 1.20 bits per heavy atom. The van der Waals surface area contributed by atoms with Crippen molar-refractivity contribution in [2.45, 2.75) is 19.3 Å². The van der Waals surface area contributed by atoms with E-state index in [0.717, 1.165) is 33.6 Å². The van der Waals surface area contributed by atoms with E-state index in [4.69, 9.17) is 4.42 Å². The summed E-state index contributed by atoms with van der Waals surface area (Å²) >= 11 is 1.83. The van der Waals surface area contributed by atoms with Gasteiger partial charge in [0.05, 0.1) is 0 Å². The number of hydrogen-bond donors (Lipinski definition) is 0. The van der Waals surface area contributed by atoms with Gasteiger partial charge in [0.1, 0.15) is 11.2 Å². The summed E-state index contributed by atoms with van der Waals surface area (Å²) in [4.78, 5) is 2.40. The van der Waals surface area contributed by atoms with Gasteiger partial charge < -0.3 is 9.32 Å². The van der Waals surface area contributed by atoms with Crippen molar-refractivity contribution < 1.29 is 4.42 Å². The van der Waals surface area contributed by atoms with Crippen molar-refractivity contribution in [1.82, 2.24) is 0 Å². The molecule has 0 atom stereocenters. The van der Waals surface area contributed by atoms with Crippen LogP contribution >= 0.6 is 11.3 Å². The number of nitrogens with zero attached hydrogens (tertiary/aromatic N) is 1. The van der Waals surface area contributed by atoms with Gasteiger partial charge in [0, 0.05) is 58.8 Å². The normalized spacial score (nSPS) is 13.6. The molecule has 218 valence electrons. The van der Waals surface area contributed by atoms with Crippen LogP contribution in [0.3, 0.4) is 0 Å². The average Bonchev–Trinajstić information content (AvgIpc) is 3.73. The Morgan fingerprint density at radius 3 is 2.11 bits per heavy atom. The van der Waals surface area contributed by atoms with Gasteiger partial charge in [0.2, 0.25) is 0 Å². The molecule has 1 aliphatic carbocycles. The lowest BCUT2D eigenvalue weighted by atomic mass is 9.82. The first kappa shape index (κ1) is 25.9. The molecule has 0 saturated carbocycles. The molecule has 2 nitrogen and oxygen atoms in total. The topological polar surface area (TPSA) is 16.4 Å². The Kier molecular flexibility index (Phi) is 5.25. The maximum Gasteiger partial charge on any atom is 0.144 e. The van der Waals surface area contributed by atoms with Crippen LogP contribution in [-0.4, -0.2) is 0 Å². The van der Waals surface area contributed by atoms with Gasteiger partial charge in [-0.2, -0.15) is 0 Å². The van der Waals surface area contributed by atoms with Crippen LogP contribution in [0, 0.1) is 0 Å². The Morgan fingerprint density at radius 1 is 0.500 bits per heavy atom. The van der Waals surface area contributed by atoms with Crippen LogP contribution in [-0.2, 0) is 5.41 Å². The molecular weight excluding hydrogens is 579 g/mol. The van der Waals surface area contributed by atoms with Crippen molar-refractivity contribution in [2.24, 2.45) is 0 Å². The van der Waals surface area contributed by atoms with Crippen molar-refractivity contribution in [1.29, 1.82) is 0 Å². The van der Waals surface area contributed by atoms with Crippen LogP contribution in [0.15, 0.2) is 144 Å². The second-order valence-corrected chi connectivity index (χ2v) is 14.0. The highest BCUT2D eigenvalue weighted by molar-refractivity contribution is 7.26. The van der Waals surface area contributed by atoms with Crippen molar-refractivity contribution in [3.8, 4) is 11.1 Å². The van der Waals surface area contributed by atoms with E-state index in [-0.39, 0.29) is 5.41 Å². The van der Waals surface area contributed by atoms with Gasteiger partial charge in [-0.25, -0.2) is 0 Å². The van der Waals surface area contributed by atoms with Gasteiger partial charge in [-0.05, 0) is 88.3 Å². The number of rotatable bonds is 3. The molecule has 0 aliphatic heterocycles. The Bertz CT molecular complexity index is 2680. The molecule has 0 unspecified atom stereocenters. The third kappa shape index (κ3) is 3.52. The lowest BCUT2D eigenvalue weighted by Crippen LogP contribution is -2.16. The highest BCUT2D eigenvalue weighted by Gasteiger charge is 2.35. The molecule has 0 bridgehead atoms. The molecule has 1 aliphatic rings. The minimum atomic E-state index is -0.0745. The molecule has 0 amide bonds. The Balaban J connectivity index is 1.21. The van der Waals surface area contributed by atoms with E-state index in [2.05, 4.69) is 158 Å². The third-order valence-corrected chi connectivity index (χ3v) is 11.2. The first-order valence-electron chi connectivity index (χ1n) is 15.9. The summed E-state index contributed by atoms with van der Waals surface area (Å²) in [5.74, 6) is 0. The quantitative estimate of drug-likeness (QED) is 0.199. The number of thiophene rings is 1. The summed E-state index contributed by atoms with van der Waals surface area (Å²) in [5, 5.41) is 7.10. The summed E-state index contributed by atoms with van der Waals surface area (Å²) in [6, 6.07) is 50.9. The molecule has 0 radical (unpaired) electrons. The summed E-state index contributed by atoms with van der Waals surface area (Å²) in [6.45, 7) is 4.69. The zero-order valence-corrected chi connectivity index (χ0v) is 26.4. The first-order chi connectivity index (χ1) is 22.6. The zero-order valence-electron chi connectivity index (χ0n) is 25.5. The van der Waals surface area contributed by atoms with Gasteiger partial charge >= 0.3 is 0 Å². The van der Waals surface area contributed by atoms with Crippen LogP contribution in [0.25, 0.3) is 64.0 Å². The maximum atomic E-state index is 6.81. The Hall–Kier alpha value is -5.38. The molecular formula is C43H29NOS. The van der Waals surface area contributed by atoms with Crippen LogP contribution < -0.4 is 4.90 Å². The van der Waals surface area contributed by atoms with E-state index in [9.17, 15) is 0 Å². The molecule has 0 fully saturated rings. The number of anilines is 3. The number of benzene rings is 7. The van der Waals surface area contributed by atoms with Crippen molar-refractivity contribution in [3.63, 3.8) is 0 Å². The van der Waals surface area contributed by atoms with Crippen LogP contribution in [0.4, 0.5) is 17.1 Å². The molecule has 3 heteroatoms. The van der Waals surface area contributed by atoms with Crippen LogP contribution in [0.1, 0.15) is 25.0 Å². The summed E-state index contributed by atoms with van der Waals surface area (Å²) < 4.78 is 9.31. The third-order valence-electron chi connectivity index (χ3n) is 10.0. The fourth-order valence-corrected chi connectivity index (χ4v) is 8.89. The van der Waals surface area contributed by atoms with E-state index < -0.39 is 0 Å². The predicted molar refractivity (Wildman–Crippen MR) is 196 cm³/mol. The number of hydrogen-bond acceptors (Lipinski definition) is 3. The number of fused-ring (bicyclic) bond motifs is 12. The fourth-order valence-electron chi connectivity index (χ4n) is 7.81. The van der Waals surface area contributed by atoms with Crippen molar-refractivity contribution in [3.05, 3.63) is 151 Å². The molecule has 10 rings (SSSR count). The molecule has 2 heterocycles. The van der Waals surface area contributed by atoms with Crippen molar-refractivity contribution in [2.75, 3.05) is 4.90 Å². The highest BCUT2D eigenvalue weighted by atomic mass is 32.1. The molecule has 7 aromatic carbocycles. The van der Waals surface area contributed by atoms with Gasteiger partial charge in [-0.1, -0.05) is 92.7 Å². The first-order valence-corrected chi connectivity index (χ1v) is 16.7. The SMILES string of the molecule is CC1(C)c2ccccc2-c2ccc(N(c3ccccc3)c3ccc4sc5ccc6c7ccc8ccccc8c7oc6c5c4c3)cc21. The second kappa shape index (κ2) is 9.32. The smallest absolute Gasteiger partial charge is 0.144 e. The van der Waals surface area contributed by atoms with E-state index in [1.165, 1.54) is 58.6 Å². The molecule has 46 heavy (non-hydrogen) atoms. The maximum absolute atomic E-state index is 6.81. The minimum absolute atomic E-state index is 0.0745. The summed E-state index contributed by atoms with van der Waals surface area (Å²) in [5.41, 5.74) is 10.7. The standard InChI is InChI=1S/C43H29NOS/c1-43(2)36-15-9-8-14-31(36)32-20-17-29(25-37(32)43)44(27-11-4-3-5-12-27)28-18-22-38-35(24-28)40-39(46-38)23-21-34-33-19-16-26-10-6-7-13-30(26)41(33)45-42(34)40/h3-25H,1-2H3. The predicted octanol–water partition coefficient (Wildman–Crippen LogP) is 12.9. The van der Waals surface area contributed by atoms with Gasteiger partial charge in [0.25, 0.3) is 0 Å². The molecule has 9 aromatic rings. The molecule has 0 saturated heterocycles. The zero-order chi connectivity index (χ0) is 30.6. The lowest BCUT2D eigenvalue weighted by Gasteiger charge is -2.28. The van der Waals surface area contributed by atoms with Gasteiger partial charge in [0.15, 0.2) is 0 Å². The fraction of sp³-hybridized carbons (Fsp3) is 0.0698. The van der Waals surface area contributed by atoms with Gasteiger partial charge in [-0.15, -0.1) is 11.3 Å². The van der Waals surface area contributed by atoms with Crippen molar-refractivity contribution >= 4 is 81.3 Å². The lowest BCUT2D eigenvalue weighted by molar-refractivity contribution is 0.660. The van der Waals surface area contributed by atoms with Crippen LogP contribution in [0.2, 0.25) is 0 Å². The Labute approximate surface area is 270 Å². The largest absolute Gasteiger partial charge is 0.455 e. The second-order valence-electron chi connectivity index (χ2n) is 12.9. The van der Waals surface area contributed by atoms with Crippen LogP contribution in [0.5, 0.6) is 0 Å². The van der Waals surface area contributed by atoms with E-state index in [0.29, 0.717) is 0 Å². The van der Waals surface area contributed by atoms with E-state index in [1.807, 2.05) is 11.3 Å². The number of para-hydroxylation sites is 1. The minimum Gasteiger partial charge on any atom is -0.455 e. The highest BCUT2D eigenvalue weighted by Crippen LogP contribution is 2.51. The average molecular weight is 608 g/mol.